The lowest BCUT2D eigenvalue weighted by molar-refractivity contribution is 0.102. The molecule has 0 unspecified atom stereocenters. The van der Waals surface area contributed by atoms with Crippen LogP contribution in [-0.4, -0.2) is 42.1 Å². The Kier molecular flexibility index (Phi) is 5.19. The summed E-state index contributed by atoms with van der Waals surface area (Å²) in [5.41, 5.74) is 3.29. The van der Waals surface area contributed by atoms with Gasteiger partial charge in [-0.3, -0.25) is 4.79 Å². The fraction of sp³-hybridized carbons (Fsp3) is 0.227. The summed E-state index contributed by atoms with van der Waals surface area (Å²) >= 11 is 0. The highest BCUT2D eigenvalue weighted by Crippen LogP contribution is 2.19. The van der Waals surface area contributed by atoms with Crippen molar-refractivity contribution in [1.29, 1.82) is 0 Å². The molecule has 0 saturated carbocycles. The summed E-state index contributed by atoms with van der Waals surface area (Å²) in [6.07, 6.45) is 3.61. The Morgan fingerprint density at radius 2 is 1.64 bits per heavy atom. The van der Waals surface area contributed by atoms with Gasteiger partial charge >= 0.3 is 0 Å². The molecule has 4 rings (SSSR count). The average Bonchev–Trinajstić information content (AvgIpc) is 2.76. The Morgan fingerprint density at radius 1 is 0.893 bits per heavy atom. The minimum atomic E-state index is -0.194. The third-order valence-corrected chi connectivity index (χ3v) is 4.99. The number of pyridine rings is 2. The summed E-state index contributed by atoms with van der Waals surface area (Å²) in [5, 5.41) is 2.92. The highest BCUT2D eigenvalue weighted by Gasteiger charge is 2.19. The van der Waals surface area contributed by atoms with Crippen molar-refractivity contribution in [2.75, 3.05) is 41.3 Å². The third-order valence-electron chi connectivity index (χ3n) is 4.99. The van der Waals surface area contributed by atoms with Gasteiger partial charge < -0.3 is 15.1 Å². The number of para-hydroxylation sites is 1. The van der Waals surface area contributed by atoms with E-state index in [2.05, 4.69) is 25.1 Å². The maximum atomic E-state index is 12.5. The van der Waals surface area contributed by atoms with E-state index >= 15 is 0 Å². The number of piperazine rings is 1. The molecule has 3 heterocycles. The van der Waals surface area contributed by atoms with Crippen LogP contribution in [-0.2, 0) is 0 Å². The number of nitrogens with one attached hydrogen (secondary N) is 1. The molecule has 0 radical (unpaired) electrons. The van der Waals surface area contributed by atoms with Crippen LogP contribution in [0.4, 0.5) is 17.2 Å². The van der Waals surface area contributed by atoms with E-state index in [1.807, 2.05) is 61.7 Å². The summed E-state index contributed by atoms with van der Waals surface area (Å²) in [7, 11) is 0. The number of benzene rings is 1. The smallest absolute Gasteiger partial charge is 0.274 e. The number of nitrogens with zero attached hydrogens (tertiary/aromatic N) is 4. The second-order valence-corrected chi connectivity index (χ2v) is 6.83. The van der Waals surface area contributed by atoms with Crippen LogP contribution in [0.3, 0.4) is 0 Å². The van der Waals surface area contributed by atoms with Gasteiger partial charge in [-0.2, -0.15) is 0 Å². The predicted octanol–water partition coefficient (Wildman–Crippen LogP) is 3.36. The molecular weight excluding hydrogens is 350 g/mol. The van der Waals surface area contributed by atoms with E-state index in [0.29, 0.717) is 5.69 Å². The normalized spacial score (nSPS) is 14.0. The van der Waals surface area contributed by atoms with E-state index in [-0.39, 0.29) is 5.91 Å². The van der Waals surface area contributed by atoms with Gasteiger partial charge in [0.2, 0.25) is 0 Å². The summed E-state index contributed by atoms with van der Waals surface area (Å²) in [6.45, 7) is 5.58. The van der Waals surface area contributed by atoms with Crippen LogP contribution >= 0.6 is 0 Å². The Morgan fingerprint density at radius 3 is 2.32 bits per heavy atom. The van der Waals surface area contributed by atoms with Crippen molar-refractivity contribution in [3.05, 3.63) is 78.2 Å². The van der Waals surface area contributed by atoms with Gasteiger partial charge in [0.15, 0.2) is 0 Å². The number of hydrogen-bond acceptors (Lipinski definition) is 5. The summed E-state index contributed by atoms with van der Waals surface area (Å²) in [6, 6.07) is 17.5. The molecule has 0 bridgehead atoms. The molecule has 2 aromatic heterocycles. The molecule has 0 atom stereocenters. The standard InChI is InChI=1S/C22H23N5O/c1-17-6-2-3-7-19(17)25-22(28)20-10-9-18(16-24-20)26-12-14-27(15-13-26)21-8-4-5-11-23-21/h2-11,16H,12-15H2,1H3,(H,25,28). The van der Waals surface area contributed by atoms with Crippen molar-refractivity contribution >= 4 is 23.1 Å². The Hall–Kier alpha value is -3.41. The number of amides is 1. The molecular formula is C22H23N5O. The number of anilines is 3. The van der Waals surface area contributed by atoms with E-state index < -0.39 is 0 Å². The fourth-order valence-electron chi connectivity index (χ4n) is 3.34. The zero-order valence-electron chi connectivity index (χ0n) is 15.9. The first-order chi connectivity index (χ1) is 13.7. The molecule has 1 fully saturated rings. The first kappa shape index (κ1) is 18.0. The number of carbonyl (C=O) groups excluding carboxylic acids is 1. The Balaban J connectivity index is 1.37. The lowest BCUT2D eigenvalue weighted by Gasteiger charge is -2.36. The third kappa shape index (κ3) is 3.96. The van der Waals surface area contributed by atoms with Gasteiger partial charge in [0.25, 0.3) is 5.91 Å². The molecule has 1 saturated heterocycles. The van der Waals surface area contributed by atoms with Gasteiger partial charge in [-0.1, -0.05) is 24.3 Å². The van der Waals surface area contributed by atoms with Crippen LogP contribution in [0.1, 0.15) is 16.1 Å². The Labute approximate surface area is 164 Å². The summed E-state index contributed by atoms with van der Waals surface area (Å²) in [5.74, 6) is 0.823. The zero-order chi connectivity index (χ0) is 19.3. The van der Waals surface area contributed by atoms with Gasteiger partial charge in [-0.15, -0.1) is 0 Å². The number of rotatable bonds is 4. The summed E-state index contributed by atoms with van der Waals surface area (Å²) < 4.78 is 0. The first-order valence-corrected chi connectivity index (χ1v) is 9.45. The second-order valence-electron chi connectivity index (χ2n) is 6.83. The molecule has 1 aliphatic heterocycles. The molecule has 0 spiro atoms. The zero-order valence-corrected chi connectivity index (χ0v) is 15.9. The molecule has 1 N–H and O–H groups in total. The highest BCUT2D eigenvalue weighted by atomic mass is 16.1. The second kappa shape index (κ2) is 8.08. The molecule has 3 aromatic rings. The largest absolute Gasteiger partial charge is 0.367 e. The van der Waals surface area contributed by atoms with Crippen molar-refractivity contribution in [3.63, 3.8) is 0 Å². The molecule has 1 aliphatic rings. The van der Waals surface area contributed by atoms with E-state index in [9.17, 15) is 4.79 Å². The lowest BCUT2D eigenvalue weighted by Crippen LogP contribution is -2.46. The van der Waals surface area contributed by atoms with Crippen molar-refractivity contribution < 1.29 is 4.79 Å². The molecule has 1 amide bonds. The quantitative estimate of drug-likeness (QED) is 0.760. The van der Waals surface area contributed by atoms with Crippen LogP contribution in [0.2, 0.25) is 0 Å². The predicted molar refractivity (Wildman–Crippen MR) is 112 cm³/mol. The molecule has 142 valence electrons. The fourth-order valence-corrected chi connectivity index (χ4v) is 3.34. The van der Waals surface area contributed by atoms with Crippen molar-refractivity contribution in [1.82, 2.24) is 9.97 Å². The SMILES string of the molecule is Cc1ccccc1NC(=O)c1ccc(N2CCN(c3ccccn3)CC2)cn1. The van der Waals surface area contributed by atoms with E-state index in [1.165, 1.54) is 0 Å². The molecule has 1 aromatic carbocycles. The van der Waals surface area contributed by atoms with Crippen LogP contribution in [0.25, 0.3) is 0 Å². The lowest BCUT2D eigenvalue weighted by atomic mass is 10.2. The van der Waals surface area contributed by atoms with Gasteiger partial charge in [0, 0.05) is 38.1 Å². The number of carbonyl (C=O) groups is 1. The van der Waals surface area contributed by atoms with E-state index in [1.54, 1.807) is 12.3 Å². The van der Waals surface area contributed by atoms with Gasteiger partial charge in [-0.05, 0) is 42.8 Å². The molecule has 6 nitrogen and oxygen atoms in total. The minimum Gasteiger partial charge on any atom is -0.367 e. The van der Waals surface area contributed by atoms with Crippen LogP contribution in [0, 0.1) is 6.92 Å². The van der Waals surface area contributed by atoms with Crippen molar-refractivity contribution in [3.8, 4) is 0 Å². The number of aromatic nitrogens is 2. The topological polar surface area (TPSA) is 61.4 Å². The molecule has 6 heteroatoms. The average molecular weight is 373 g/mol. The van der Waals surface area contributed by atoms with Crippen molar-refractivity contribution in [2.24, 2.45) is 0 Å². The highest BCUT2D eigenvalue weighted by molar-refractivity contribution is 6.03. The number of aryl methyl sites for hydroxylation is 1. The van der Waals surface area contributed by atoms with Crippen LogP contribution < -0.4 is 15.1 Å². The van der Waals surface area contributed by atoms with Crippen molar-refractivity contribution in [2.45, 2.75) is 6.92 Å². The maximum absolute atomic E-state index is 12.5. The number of hydrogen-bond donors (Lipinski definition) is 1. The van der Waals surface area contributed by atoms with Gasteiger partial charge in [0.05, 0.1) is 11.9 Å². The van der Waals surface area contributed by atoms with E-state index in [0.717, 1.165) is 48.9 Å². The minimum absolute atomic E-state index is 0.194. The summed E-state index contributed by atoms with van der Waals surface area (Å²) in [4.78, 5) is 25.8. The van der Waals surface area contributed by atoms with Crippen LogP contribution in [0.15, 0.2) is 67.0 Å². The van der Waals surface area contributed by atoms with Gasteiger partial charge in [0.1, 0.15) is 11.5 Å². The Bertz CT molecular complexity index is 935. The molecule has 28 heavy (non-hydrogen) atoms. The van der Waals surface area contributed by atoms with E-state index in [4.69, 9.17) is 0 Å². The monoisotopic (exact) mass is 373 g/mol. The molecule has 0 aliphatic carbocycles. The first-order valence-electron chi connectivity index (χ1n) is 9.45. The van der Waals surface area contributed by atoms with Gasteiger partial charge in [-0.25, -0.2) is 9.97 Å². The maximum Gasteiger partial charge on any atom is 0.274 e. The van der Waals surface area contributed by atoms with Crippen LogP contribution in [0.5, 0.6) is 0 Å².